The summed E-state index contributed by atoms with van der Waals surface area (Å²) in [4.78, 5) is 84.0. The minimum Gasteiger partial charge on any atom is -0.432 e. The van der Waals surface area contributed by atoms with E-state index >= 15 is 0 Å². The van der Waals surface area contributed by atoms with Gasteiger partial charge in [-0.25, -0.2) is 24.0 Å². The molecular formula is C37H37BrF3N5O10. The molecule has 1 N–H and O–H groups in total. The Labute approximate surface area is 326 Å². The zero-order valence-corrected chi connectivity index (χ0v) is 32.4. The van der Waals surface area contributed by atoms with Gasteiger partial charge in [0.05, 0.1) is 29.9 Å². The number of benzene rings is 2. The predicted octanol–water partition coefficient (Wildman–Crippen LogP) is 5.36. The minimum atomic E-state index is -4.69. The Morgan fingerprint density at radius 2 is 1.79 bits per heavy atom. The minimum absolute atomic E-state index is 0.0297. The Morgan fingerprint density at radius 1 is 1.12 bits per heavy atom. The first-order chi connectivity index (χ1) is 26.2. The zero-order valence-electron chi connectivity index (χ0n) is 30.8. The number of ether oxygens (including phenoxy) is 4. The topological polar surface area (TPSA) is 176 Å². The Balaban J connectivity index is 1.31. The molecule has 2 aliphatic heterocycles. The molecule has 0 spiro atoms. The number of amides is 3. The molecule has 0 radical (unpaired) electrons. The molecule has 298 valence electrons. The maximum Gasteiger partial charge on any atom is 0.419 e. The molecule has 0 bridgehead atoms. The van der Waals surface area contributed by atoms with Crippen LogP contribution in [0.3, 0.4) is 0 Å². The number of aromatic nitrogens is 2. The number of halogens is 4. The fourth-order valence-electron chi connectivity index (χ4n) is 5.90. The summed E-state index contributed by atoms with van der Waals surface area (Å²) in [5, 5.41) is 3.09. The number of imide groups is 1. The second-order valence-corrected chi connectivity index (χ2v) is 14.3. The van der Waals surface area contributed by atoms with Crippen molar-refractivity contribution in [3.8, 4) is 5.69 Å². The number of nitrogens with one attached hydrogen (secondary N) is 1. The van der Waals surface area contributed by atoms with Crippen LogP contribution >= 0.6 is 15.9 Å². The molecule has 3 heterocycles. The van der Waals surface area contributed by atoms with E-state index in [-0.39, 0.29) is 51.5 Å². The van der Waals surface area contributed by atoms with Crippen LogP contribution in [0.5, 0.6) is 0 Å². The maximum absolute atomic E-state index is 14.1. The lowest BCUT2D eigenvalue weighted by atomic mass is 9.98. The van der Waals surface area contributed by atoms with Gasteiger partial charge in [-0.3, -0.25) is 19.2 Å². The summed E-state index contributed by atoms with van der Waals surface area (Å²) < 4.78 is 61.9. The monoisotopic (exact) mass is 847 g/mol. The molecule has 1 saturated heterocycles. The number of hydrogen-bond donors (Lipinski definition) is 1. The number of rotatable bonds is 10. The highest BCUT2D eigenvalue weighted by Crippen LogP contribution is 2.36. The molecule has 15 nitrogen and oxygen atoms in total. The molecule has 2 aliphatic rings. The maximum atomic E-state index is 14.1. The number of nitrogens with zero attached hydrogens (tertiary/aromatic N) is 4. The van der Waals surface area contributed by atoms with Gasteiger partial charge >= 0.3 is 24.2 Å². The Morgan fingerprint density at radius 3 is 2.39 bits per heavy atom. The number of fused-ring (bicyclic) bond motifs is 1. The van der Waals surface area contributed by atoms with Gasteiger partial charge in [0.15, 0.2) is 6.10 Å². The van der Waals surface area contributed by atoms with Crippen molar-refractivity contribution in [3.63, 3.8) is 0 Å². The lowest BCUT2D eigenvalue weighted by Gasteiger charge is -2.35. The summed E-state index contributed by atoms with van der Waals surface area (Å²) in [5.74, 6) is -4.23. The summed E-state index contributed by atoms with van der Waals surface area (Å²) in [6.07, 6.45) is -5.89. The van der Waals surface area contributed by atoms with E-state index < -0.39 is 84.3 Å². The van der Waals surface area contributed by atoms with Crippen molar-refractivity contribution in [2.24, 2.45) is 0 Å². The Kier molecular flexibility index (Phi) is 12.1. The molecule has 56 heavy (non-hydrogen) atoms. The zero-order chi connectivity index (χ0) is 41.3. The SMILES string of the molecule is C=CC(C)Nc1nc2c(c(=O)n1-c1ccc(C(=O)N(C)C(=O)OCOC(=O)C[C@@H]3OC(C)(C)OC3=O)cc1)C[C@@H](C)N(C(=O)c1ccc(Br)c(C(F)(F)F)c1)C2. The van der Waals surface area contributed by atoms with Crippen LogP contribution in [-0.2, 0) is 47.7 Å². The first-order valence-corrected chi connectivity index (χ1v) is 17.8. The van der Waals surface area contributed by atoms with E-state index in [2.05, 4.69) is 32.8 Å². The first kappa shape index (κ1) is 41.6. The van der Waals surface area contributed by atoms with Crippen molar-refractivity contribution >= 4 is 51.7 Å². The van der Waals surface area contributed by atoms with E-state index in [1.165, 1.54) is 53.6 Å². The average Bonchev–Trinajstić information content (AvgIpc) is 3.40. The molecule has 3 amide bonds. The molecule has 5 rings (SSSR count). The van der Waals surface area contributed by atoms with Gasteiger partial charge in [0, 0.05) is 54.1 Å². The van der Waals surface area contributed by atoms with Crippen LogP contribution in [0.15, 0.2) is 64.4 Å². The third-order valence-corrected chi connectivity index (χ3v) is 9.54. The van der Waals surface area contributed by atoms with Crippen LogP contribution in [0.25, 0.3) is 5.69 Å². The standard InChI is InChI=1S/C37H37BrF3N5O10/c1-7-19(2)42-34-43-27-17-45(31(49)22-10-13-26(38)25(15-22)37(39,40)41)20(3)14-24(27)32(50)46(34)23-11-8-21(9-12-23)30(48)44(6)35(52)54-18-53-29(47)16-28-33(51)56-36(4,5)55-28/h7-13,15,19-20,28H,1,14,16-18H2,2-6H3,(H,42,43)/t19?,20-,28+/m1/s1. The third kappa shape index (κ3) is 9.10. The highest BCUT2D eigenvalue weighted by atomic mass is 79.9. The fraction of sp³-hybridized carbons (Fsp3) is 0.378. The summed E-state index contributed by atoms with van der Waals surface area (Å²) >= 11 is 2.89. The van der Waals surface area contributed by atoms with Crippen LogP contribution in [0.1, 0.15) is 71.7 Å². The van der Waals surface area contributed by atoms with Gasteiger partial charge in [0.2, 0.25) is 18.5 Å². The van der Waals surface area contributed by atoms with Crippen molar-refractivity contribution < 1.29 is 56.1 Å². The van der Waals surface area contributed by atoms with Crippen molar-refractivity contribution in [2.45, 2.75) is 77.2 Å². The number of anilines is 1. The van der Waals surface area contributed by atoms with Gasteiger partial charge < -0.3 is 29.2 Å². The fourth-order valence-corrected chi connectivity index (χ4v) is 6.37. The Hall–Kier alpha value is -5.56. The lowest BCUT2D eigenvalue weighted by molar-refractivity contribution is -0.162. The van der Waals surface area contributed by atoms with E-state index in [0.29, 0.717) is 4.90 Å². The van der Waals surface area contributed by atoms with Gasteiger partial charge in [-0.2, -0.15) is 13.2 Å². The van der Waals surface area contributed by atoms with Crippen LogP contribution in [0.2, 0.25) is 0 Å². The number of hydrogen-bond acceptors (Lipinski definition) is 12. The highest BCUT2D eigenvalue weighted by Gasteiger charge is 2.42. The van der Waals surface area contributed by atoms with E-state index in [1.807, 2.05) is 0 Å². The normalized spacial score (nSPS) is 17.9. The number of carbonyl (C=O) groups is 5. The molecular weight excluding hydrogens is 811 g/mol. The number of carbonyl (C=O) groups excluding carboxylic acids is 5. The van der Waals surface area contributed by atoms with Crippen LogP contribution in [0.4, 0.5) is 23.9 Å². The van der Waals surface area contributed by atoms with Crippen LogP contribution in [0, 0.1) is 0 Å². The summed E-state index contributed by atoms with van der Waals surface area (Å²) in [6.45, 7) is 9.18. The molecule has 3 atom stereocenters. The summed E-state index contributed by atoms with van der Waals surface area (Å²) in [7, 11) is 1.14. The van der Waals surface area contributed by atoms with E-state index in [9.17, 15) is 41.9 Å². The van der Waals surface area contributed by atoms with Crippen molar-refractivity contribution in [2.75, 3.05) is 19.2 Å². The molecule has 3 aromatic rings. The highest BCUT2D eigenvalue weighted by molar-refractivity contribution is 9.10. The van der Waals surface area contributed by atoms with Gasteiger partial charge in [0.25, 0.3) is 17.4 Å². The van der Waals surface area contributed by atoms with Crippen molar-refractivity contribution in [1.29, 1.82) is 0 Å². The molecule has 1 aromatic heterocycles. The molecule has 2 aromatic carbocycles. The predicted molar refractivity (Wildman–Crippen MR) is 194 cm³/mol. The summed E-state index contributed by atoms with van der Waals surface area (Å²) in [6, 6.07) is 7.89. The largest absolute Gasteiger partial charge is 0.432 e. The molecule has 0 aliphatic carbocycles. The average molecular weight is 849 g/mol. The number of cyclic esters (lactones) is 1. The van der Waals surface area contributed by atoms with Gasteiger partial charge in [0.1, 0.15) is 0 Å². The van der Waals surface area contributed by atoms with E-state index in [4.69, 9.17) is 18.9 Å². The molecule has 1 fully saturated rings. The van der Waals surface area contributed by atoms with E-state index in [1.54, 1.807) is 19.9 Å². The first-order valence-electron chi connectivity index (χ1n) is 17.0. The van der Waals surface area contributed by atoms with Crippen molar-refractivity contribution in [3.05, 3.63) is 97.9 Å². The number of alkyl halides is 3. The quantitative estimate of drug-likeness (QED) is 0.157. The smallest absolute Gasteiger partial charge is 0.419 e. The second kappa shape index (κ2) is 16.3. The molecule has 19 heteroatoms. The van der Waals surface area contributed by atoms with E-state index in [0.717, 1.165) is 19.2 Å². The van der Waals surface area contributed by atoms with Crippen LogP contribution in [-0.4, -0.2) is 87.0 Å². The van der Waals surface area contributed by atoms with Gasteiger partial charge in [-0.1, -0.05) is 22.0 Å². The van der Waals surface area contributed by atoms with Gasteiger partial charge in [-0.05, 0) is 62.7 Å². The Bertz CT molecular complexity index is 2140. The second-order valence-electron chi connectivity index (χ2n) is 13.4. The van der Waals surface area contributed by atoms with Gasteiger partial charge in [-0.15, -0.1) is 6.58 Å². The molecule has 1 unspecified atom stereocenters. The van der Waals surface area contributed by atoms with Crippen molar-refractivity contribution in [1.82, 2.24) is 19.4 Å². The third-order valence-electron chi connectivity index (χ3n) is 8.84. The molecule has 0 saturated carbocycles. The lowest BCUT2D eigenvalue weighted by Crippen LogP contribution is -2.46. The van der Waals surface area contributed by atoms with Crippen LogP contribution < -0.4 is 10.9 Å². The summed E-state index contributed by atoms with van der Waals surface area (Å²) in [5.41, 5.74) is -0.801. The number of esters is 2.